The van der Waals surface area contributed by atoms with Crippen LogP contribution in [0, 0.1) is 0 Å². The first-order valence-corrected chi connectivity index (χ1v) is 8.27. The number of amides is 2. The maximum atomic E-state index is 12.2. The lowest BCUT2D eigenvalue weighted by atomic mass is 10.2. The molecule has 2 amide bonds. The number of nitrogens with zero attached hydrogens (tertiary/aromatic N) is 2. The number of imide groups is 1. The summed E-state index contributed by atoms with van der Waals surface area (Å²) in [6, 6.07) is 5.86. The Bertz CT molecular complexity index is 614. The predicted octanol–water partition coefficient (Wildman–Crippen LogP) is 3.96. The molecule has 1 fully saturated rings. The Kier molecular flexibility index (Phi) is 5.11. The van der Waals surface area contributed by atoms with Crippen molar-refractivity contribution in [1.82, 2.24) is 4.90 Å². The molecule has 112 valence electrons. The molecule has 1 aromatic carbocycles. The average Bonchev–Trinajstić information content (AvgIpc) is 2.66. The van der Waals surface area contributed by atoms with Gasteiger partial charge in [0, 0.05) is 25.1 Å². The third-order valence-electron chi connectivity index (χ3n) is 3.07. The van der Waals surface area contributed by atoms with E-state index in [1.54, 1.807) is 6.08 Å². The first-order chi connectivity index (χ1) is 9.93. The van der Waals surface area contributed by atoms with Crippen LogP contribution >= 0.6 is 27.7 Å². The second-order valence-corrected chi connectivity index (χ2v) is 6.79. The zero-order chi connectivity index (χ0) is 15.6. The molecule has 1 aliphatic heterocycles. The Morgan fingerprint density at radius 2 is 2.05 bits per heavy atom. The average molecular weight is 369 g/mol. The second-order valence-electron chi connectivity index (χ2n) is 4.94. The number of hydrogen-bond donors (Lipinski definition) is 0. The maximum absolute atomic E-state index is 12.2. The van der Waals surface area contributed by atoms with E-state index in [4.69, 9.17) is 0 Å². The van der Waals surface area contributed by atoms with Crippen molar-refractivity contribution in [2.24, 2.45) is 0 Å². The van der Waals surface area contributed by atoms with Crippen LogP contribution in [0.15, 0.2) is 27.6 Å². The van der Waals surface area contributed by atoms with Crippen LogP contribution in [0.2, 0.25) is 0 Å². The Hall–Kier alpha value is -1.27. The number of hydrogen-bond acceptors (Lipinski definition) is 4. The van der Waals surface area contributed by atoms with Gasteiger partial charge in [-0.15, -0.1) is 0 Å². The Balaban J connectivity index is 2.27. The SMILES string of the molecule is CCCN1C(=O)S/C(=C/c2ccc(N(C)C)c(Br)c2)C1=O. The number of halogens is 1. The predicted molar refractivity (Wildman–Crippen MR) is 91.4 cm³/mol. The minimum Gasteiger partial charge on any atom is -0.377 e. The lowest BCUT2D eigenvalue weighted by Gasteiger charge is -2.14. The van der Waals surface area contributed by atoms with Crippen LogP contribution in [0.5, 0.6) is 0 Å². The number of carbonyl (C=O) groups excluding carboxylic acids is 2. The van der Waals surface area contributed by atoms with E-state index in [0.29, 0.717) is 11.4 Å². The normalized spacial score (nSPS) is 17.0. The monoisotopic (exact) mass is 368 g/mol. The number of thioether (sulfide) groups is 1. The van der Waals surface area contributed by atoms with E-state index in [1.807, 2.05) is 44.1 Å². The molecule has 1 aromatic rings. The van der Waals surface area contributed by atoms with E-state index >= 15 is 0 Å². The fourth-order valence-electron chi connectivity index (χ4n) is 2.04. The van der Waals surface area contributed by atoms with Crippen LogP contribution < -0.4 is 4.90 Å². The smallest absolute Gasteiger partial charge is 0.293 e. The van der Waals surface area contributed by atoms with Crippen molar-refractivity contribution in [3.8, 4) is 0 Å². The van der Waals surface area contributed by atoms with Crippen molar-refractivity contribution in [2.45, 2.75) is 13.3 Å². The van der Waals surface area contributed by atoms with Gasteiger partial charge in [0.15, 0.2) is 0 Å². The molecular weight excluding hydrogens is 352 g/mol. The van der Waals surface area contributed by atoms with E-state index in [9.17, 15) is 9.59 Å². The molecule has 0 bridgehead atoms. The molecule has 6 heteroatoms. The molecule has 21 heavy (non-hydrogen) atoms. The zero-order valence-electron chi connectivity index (χ0n) is 12.2. The largest absolute Gasteiger partial charge is 0.377 e. The molecule has 0 atom stereocenters. The molecule has 0 unspecified atom stereocenters. The summed E-state index contributed by atoms with van der Waals surface area (Å²) in [6.07, 6.45) is 2.54. The maximum Gasteiger partial charge on any atom is 0.293 e. The number of anilines is 1. The highest BCUT2D eigenvalue weighted by Gasteiger charge is 2.34. The van der Waals surface area contributed by atoms with E-state index in [2.05, 4.69) is 15.9 Å². The van der Waals surface area contributed by atoms with Crippen molar-refractivity contribution in [1.29, 1.82) is 0 Å². The van der Waals surface area contributed by atoms with Gasteiger partial charge in [0.25, 0.3) is 11.1 Å². The van der Waals surface area contributed by atoms with Crippen molar-refractivity contribution in [3.63, 3.8) is 0 Å². The molecular formula is C15H17BrN2O2S. The lowest BCUT2D eigenvalue weighted by molar-refractivity contribution is -0.122. The summed E-state index contributed by atoms with van der Waals surface area (Å²) in [6.45, 7) is 2.43. The van der Waals surface area contributed by atoms with Crippen LogP contribution in [-0.2, 0) is 4.79 Å². The quantitative estimate of drug-likeness (QED) is 0.754. The van der Waals surface area contributed by atoms with Gasteiger partial charge < -0.3 is 4.90 Å². The molecule has 4 nitrogen and oxygen atoms in total. The van der Waals surface area contributed by atoms with Crippen molar-refractivity contribution in [3.05, 3.63) is 33.1 Å². The van der Waals surface area contributed by atoms with Gasteiger partial charge in [-0.2, -0.15) is 0 Å². The minimum atomic E-state index is -0.195. The topological polar surface area (TPSA) is 40.6 Å². The Morgan fingerprint density at radius 1 is 1.33 bits per heavy atom. The number of carbonyl (C=O) groups is 2. The molecule has 0 N–H and O–H groups in total. The van der Waals surface area contributed by atoms with Gasteiger partial charge in [0.1, 0.15) is 0 Å². The van der Waals surface area contributed by atoms with Gasteiger partial charge in [0.2, 0.25) is 0 Å². The summed E-state index contributed by atoms with van der Waals surface area (Å²) in [5.41, 5.74) is 1.96. The van der Waals surface area contributed by atoms with Crippen molar-refractivity contribution < 1.29 is 9.59 Å². The van der Waals surface area contributed by atoms with E-state index in [1.165, 1.54) is 4.90 Å². The molecule has 0 saturated carbocycles. The molecule has 1 heterocycles. The van der Waals surface area contributed by atoms with Gasteiger partial charge in [-0.1, -0.05) is 13.0 Å². The van der Waals surface area contributed by atoms with Gasteiger partial charge >= 0.3 is 0 Å². The molecule has 0 radical (unpaired) electrons. The number of rotatable bonds is 4. The summed E-state index contributed by atoms with van der Waals surface area (Å²) in [4.78, 5) is 27.8. The second kappa shape index (κ2) is 6.66. The first-order valence-electron chi connectivity index (χ1n) is 6.66. The molecule has 2 rings (SSSR count). The van der Waals surface area contributed by atoms with Gasteiger partial charge in [-0.3, -0.25) is 14.5 Å². The summed E-state index contributed by atoms with van der Waals surface area (Å²) in [7, 11) is 3.94. The molecule has 0 spiro atoms. The zero-order valence-corrected chi connectivity index (χ0v) is 14.6. The Labute approximate surface area is 137 Å². The van der Waals surface area contributed by atoms with Crippen LogP contribution in [0.1, 0.15) is 18.9 Å². The van der Waals surface area contributed by atoms with E-state index < -0.39 is 0 Å². The van der Waals surface area contributed by atoms with Crippen LogP contribution in [0.3, 0.4) is 0 Å². The van der Waals surface area contributed by atoms with Gasteiger partial charge in [0.05, 0.1) is 10.6 Å². The Morgan fingerprint density at radius 3 is 2.62 bits per heavy atom. The summed E-state index contributed by atoms with van der Waals surface area (Å²) in [5, 5.41) is -0.183. The van der Waals surface area contributed by atoms with Gasteiger partial charge in [-0.25, -0.2) is 0 Å². The molecule has 1 saturated heterocycles. The van der Waals surface area contributed by atoms with E-state index in [0.717, 1.165) is 33.9 Å². The summed E-state index contributed by atoms with van der Waals surface area (Å²) < 4.78 is 0.953. The summed E-state index contributed by atoms with van der Waals surface area (Å²) >= 11 is 4.53. The van der Waals surface area contributed by atoms with Crippen LogP contribution in [0.25, 0.3) is 6.08 Å². The minimum absolute atomic E-state index is 0.183. The standard InChI is InChI=1S/C15H17BrN2O2S/c1-4-7-18-14(19)13(21-15(18)20)9-10-5-6-12(17(2)3)11(16)8-10/h5-6,8-9H,4,7H2,1-3H3/b13-9+. The van der Waals surface area contributed by atoms with Crippen LogP contribution in [0.4, 0.5) is 10.5 Å². The first kappa shape index (κ1) is 16.1. The molecule has 0 aliphatic carbocycles. The van der Waals surface area contributed by atoms with Crippen molar-refractivity contribution in [2.75, 3.05) is 25.5 Å². The van der Waals surface area contributed by atoms with Gasteiger partial charge in [-0.05, 0) is 57.9 Å². The fourth-order valence-corrected chi connectivity index (χ4v) is 3.66. The molecule has 0 aromatic heterocycles. The van der Waals surface area contributed by atoms with Crippen LogP contribution in [-0.4, -0.2) is 36.7 Å². The lowest BCUT2D eigenvalue weighted by Crippen LogP contribution is -2.28. The third kappa shape index (κ3) is 3.49. The third-order valence-corrected chi connectivity index (χ3v) is 4.61. The number of benzene rings is 1. The molecule has 1 aliphatic rings. The van der Waals surface area contributed by atoms with E-state index in [-0.39, 0.29) is 11.1 Å². The highest BCUT2D eigenvalue weighted by molar-refractivity contribution is 9.10. The highest BCUT2D eigenvalue weighted by Crippen LogP contribution is 2.33. The highest BCUT2D eigenvalue weighted by atomic mass is 79.9. The fraction of sp³-hybridized carbons (Fsp3) is 0.333. The summed E-state index contributed by atoms with van der Waals surface area (Å²) in [5.74, 6) is -0.195. The van der Waals surface area contributed by atoms with Crippen molar-refractivity contribution >= 4 is 50.6 Å².